The van der Waals surface area contributed by atoms with Crippen LogP contribution in [0.25, 0.3) is 11.1 Å². The van der Waals surface area contributed by atoms with Crippen molar-refractivity contribution < 1.29 is 9.18 Å². The van der Waals surface area contributed by atoms with E-state index in [-0.39, 0.29) is 16.5 Å². The van der Waals surface area contributed by atoms with Gasteiger partial charge in [-0.05, 0) is 68.1 Å². The molecule has 23 heavy (non-hydrogen) atoms. The smallest absolute Gasteiger partial charge is 0.251 e. The number of nitrogens with one attached hydrogen (secondary N) is 1. The zero-order valence-electron chi connectivity index (χ0n) is 13.8. The molecule has 0 unspecified atom stereocenters. The molecule has 2 aromatic carbocycles. The van der Waals surface area contributed by atoms with Crippen molar-refractivity contribution in [3.8, 4) is 11.1 Å². The minimum absolute atomic E-state index is 0.0871. The van der Waals surface area contributed by atoms with E-state index < -0.39 is 5.82 Å². The average Bonchev–Trinajstić information content (AvgIpc) is 2.49. The summed E-state index contributed by atoms with van der Waals surface area (Å²) in [7, 11) is 0. The van der Waals surface area contributed by atoms with Crippen LogP contribution in [0.2, 0.25) is 5.02 Å². The Morgan fingerprint density at radius 2 is 1.87 bits per heavy atom. The van der Waals surface area contributed by atoms with E-state index in [0.717, 1.165) is 17.5 Å². The molecule has 2 aromatic rings. The van der Waals surface area contributed by atoms with E-state index in [1.54, 1.807) is 12.1 Å². The van der Waals surface area contributed by atoms with Crippen LogP contribution in [-0.2, 0) is 0 Å². The van der Waals surface area contributed by atoms with Crippen LogP contribution in [0, 0.1) is 12.7 Å². The topological polar surface area (TPSA) is 29.1 Å². The fraction of sp³-hybridized carbons (Fsp3) is 0.316. The summed E-state index contributed by atoms with van der Waals surface area (Å²) < 4.78 is 13.7. The third-order valence-corrected chi connectivity index (χ3v) is 4.23. The highest BCUT2D eigenvalue weighted by Crippen LogP contribution is 2.26. The number of aryl methyl sites for hydroxylation is 1. The summed E-state index contributed by atoms with van der Waals surface area (Å²) in [5.74, 6) is -0.597. The molecule has 0 heterocycles. The molecule has 0 bridgehead atoms. The van der Waals surface area contributed by atoms with Crippen molar-refractivity contribution in [1.29, 1.82) is 0 Å². The van der Waals surface area contributed by atoms with Crippen molar-refractivity contribution in [2.45, 2.75) is 39.7 Å². The lowest BCUT2D eigenvalue weighted by Crippen LogP contribution is -2.42. The normalized spacial score (nSPS) is 11.4. The highest BCUT2D eigenvalue weighted by Gasteiger charge is 2.19. The van der Waals surface area contributed by atoms with E-state index in [2.05, 4.69) is 5.32 Å². The maximum atomic E-state index is 13.7. The molecule has 0 aliphatic rings. The first-order valence-corrected chi connectivity index (χ1v) is 7.99. The lowest BCUT2D eigenvalue weighted by molar-refractivity contribution is 0.0911. The van der Waals surface area contributed by atoms with Gasteiger partial charge in [0.15, 0.2) is 0 Å². The molecule has 0 saturated carbocycles. The number of amides is 1. The summed E-state index contributed by atoms with van der Waals surface area (Å²) in [6.07, 6.45) is 0.833. The van der Waals surface area contributed by atoms with E-state index in [1.165, 1.54) is 12.1 Å². The van der Waals surface area contributed by atoms with Crippen LogP contribution < -0.4 is 5.32 Å². The number of halogens is 2. The van der Waals surface area contributed by atoms with Crippen molar-refractivity contribution in [2.75, 3.05) is 0 Å². The van der Waals surface area contributed by atoms with Crippen LogP contribution in [0.3, 0.4) is 0 Å². The molecule has 2 nitrogen and oxygen atoms in total. The van der Waals surface area contributed by atoms with Crippen LogP contribution in [0.1, 0.15) is 43.1 Å². The number of carbonyl (C=O) groups excluding carboxylic acids is 1. The lowest BCUT2D eigenvalue weighted by Gasteiger charge is -2.24. The average molecular weight is 334 g/mol. The van der Waals surface area contributed by atoms with Crippen molar-refractivity contribution in [1.82, 2.24) is 5.32 Å². The van der Waals surface area contributed by atoms with Gasteiger partial charge in [0.25, 0.3) is 5.91 Å². The molecule has 4 heteroatoms. The molecule has 0 atom stereocenters. The van der Waals surface area contributed by atoms with E-state index in [0.29, 0.717) is 11.1 Å². The Labute approximate surface area is 141 Å². The van der Waals surface area contributed by atoms with Crippen LogP contribution in [0.15, 0.2) is 36.4 Å². The first-order chi connectivity index (χ1) is 10.7. The molecule has 0 radical (unpaired) electrons. The van der Waals surface area contributed by atoms with E-state index >= 15 is 0 Å². The van der Waals surface area contributed by atoms with Gasteiger partial charge in [0, 0.05) is 11.1 Å². The minimum atomic E-state index is -0.469. The van der Waals surface area contributed by atoms with Gasteiger partial charge in [0.05, 0.1) is 5.02 Å². The fourth-order valence-corrected chi connectivity index (χ4v) is 2.34. The van der Waals surface area contributed by atoms with E-state index in [9.17, 15) is 9.18 Å². The molecule has 0 fully saturated rings. The van der Waals surface area contributed by atoms with Crippen molar-refractivity contribution in [3.05, 3.63) is 58.4 Å². The molecule has 0 saturated heterocycles. The Bertz CT molecular complexity index is 740. The molecular weight excluding hydrogens is 313 g/mol. The Hall–Kier alpha value is -1.87. The highest BCUT2D eigenvalue weighted by molar-refractivity contribution is 6.30. The van der Waals surface area contributed by atoms with E-state index in [1.807, 2.05) is 39.8 Å². The Morgan fingerprint density at radius 3 is 2.48 bits per heavy atom. The quantitative estimate of drug-likeness (QED) is 0.800. The molecule has 1 amide bonds. The Balaban J connectivity index is 2.39. The Morgan fingerprint density at radius 1 is 1.17 bits per heavy atom. The zero-order chi connectivity index (χ0) is 17.2. The number of benzene rings is 2. The maximum Gasteiger partial charge on any atom is 0.251 e. The third kappa shape index (κ3) is 4.32. The Kier molecular flexibility index (Phi) is 5.10. The summed E-state index contributed by atoms with van der Waals surface area (Å²) in [5.41, 5.74) is 2.72. The highest BCUT2D eigenvalue weighted by atomic mass is 35.5. The van der Waals surface area contributed by atoms with Gasteiger partial charge in [0.2, 0.25) is 0 Å². The molecular formula is C19H21ClFNO. The molecule has 0 aromatic heterocycles. The van der Waals surface area contributed by atoms with Gasteiger partial charge in [0.1, 0.15) is 5.82 Å². The molecule has 0 spiro atoms. The number of carbonyl (C=O) groups is 1. The molecule has 2 rings (SSSR count). The second kappa shape index (κ2) is 6.71. The fourth-order valence-electron chi connectivity index (χ4n) is 2.22. The zero-order valence-corrected chi connectivity index (χ0v) is 14.6. The van der Waals surface area contributed by atoms with Gasteiger partial charge in [-0.25, -0.2) is 4.39 Å². The summed E-state index contributed by atoms with van der Waals surface area (Å²) >= 11 is 5.73. The van der Waals surface area contributed by atoms with Crippen LogP contribution in [-0.4, -0.2) is 11.4 Å². The lowest BCUT2D eigenvalue weighted by atomic mass is 9.98. The first-order valence-electron chi connectivity index (χ1n) is 7.61. The maximum absolute atomic E-state index is 13.7. The van der Waals surface area contributed by atoms with Gasteiger partial charge in [-0.1, -0.05) is 30.7 Å². The predicted octanol–water partition coefficient (Wildman–Crippen LogP) is 5.37. The molecule has 122 valence electrons. The van der Waals surface area contributed by atoms with Crippen LogP contribution in [0.5, 0.6) is 0 Å². The molecule has 1 N–H and O–H groups in total. The van der Waals surface area contributed by atoms with Gasteiger partial charge >= 0.3 is 0 Å². The SMILES string of the molecule is CCC(C)(C)NC(=O)c1cc(C)cc(-c2ccc(Cl)c(F)c2)c1. The second-order valence-corrected chi connectivity index (χ2v) is 6.82. The van der Waals surface area contributed by atoms with Crippen LogP contribution >= 0.6 is 11.6 Å². The third-order valence-electron chi connectivity index (χ3n) is 3.93. The van der Waals surface area contributed by atoms with Crippen LogP contribution in [0.4, 0.5) is 4.39 Å². The van der Waals surface area contributed by atoms with Crippen molar-refractivity contribution >= 4 is 17.5 Å². The van der Waals surface area contributed by atoms with Gasteiger partial charge in [-0.15, -0.1) is 0 Å². The minimum Gasteiger partial charge on any atom is -0.347 e. The van der Waals surface area contributed by atoms with Gasteiger partial charge in [-0.2, -0.15) is 0 Å². The predicted molar refractivity (Wildman–Crippen MR) is 93.4 cm³/mol. The largest absolute Gasteiger partial charge is 0.347 e. The van der Waals surface area contributed by atoms with Crippen molar-refractivity contribution in [3.63, 3.8) is 0 Å². The molecule has 0 aliphatic carbocycles. The summed E-state index contributed by atoms with van der Waals surface area (Å²) in [4.78, 5) is 12.5. The first kappa shape index (κ1) is 17.5. The van der Waals surface area contributed by atoms with Crippen molar-refractivity contribution in [2.24, 2.45) is 0 Å². The van der Waals surface area contributed by atoms with Gasteiger partial charge < -0.3 is 5.32 Å². The summed E-state index contributed by atoms with van der Waals surface area (Å²) in [6.45, 7) is 7.91. The monoisotopic (exact) mass is 333 g/mol. The summed E-state index contributed by atoms with van der Waals surface area (Å²) in [5, 5.41) is 3.10. The standard InChI is InChI=1S/C19H21ClFNO/c1-5-19(3,4)22-18(23)15-9-12(2)8-14(10-15)13-6-7-16(20)17(21)11-13/h6-11H,5H2,1-4H3,(H,22,23). The van der Waals surface area contributed by atoms with Gasteiger partial charge in [-0.3, -0.25) is 4.79 Å². The summed E-state index contributed by atoms with van der Waals surface area (Å²) in [6, 6.07) is 10.2. The van der Waals surface area contributed by atoms with E-state index in [4.69, 9.17) is 11.6 Å². The molecule has 0 aliphatic heterocycles. The number of hydrogen-bond acceptors (Lipinski definition) is 1. The number of rotatable bonds is 4. The number of hydrogen-bond donors (Lipinski definition) is 1. The second-order valence-electron chi connectivity index (χ2n) is 6.41.